The van der Waals surface area contributed by atoms with Gasteiger partial charge >= 0.3 is 0 Å². The van der Waals surface area contributed by atoms with Gasteiger partial charge in [0.2, 0.25) is 5.91 Å². The fourth-order valence-corrected chi connectivity index (χ4v) is 3.19. The minimum atomic E-state index is -0.343. The molecule has 1 fully saturated rings. The summed E-state index contributed by atoms with van der Waals surface area (Å²) in [5.41, 5.74) is 1.91. The van der Waals surface area contributed by atoms with Gasteiger partial charge < -0.3 is 5.32 Å². The first-order valence-electron chi connectivity index (χ1n) is 8.71. The number of nitro benzene ring substituents is 1. The van der Waals surface area contributed by atoms with Gasteiger partial charge in [-0.3, -0.25) is 19.8 Å². The first-order chi connectivity index (χ1) is 12.5. The number of anilines is 1. The summed E-state index contributed by atoms with van der Waals surface area (Å²) in [5, 5.41) is 14.0. The number of nitro groups is 1. The Morgan fingerprint density at radius 1 is 1.27 bits per heavy atom. The first kappa shape index (κ1) is 18.0. The van der Waals surface area contributed by atoms with E-state index in [0.29, 0.717) is 17.9 Å². The highest BCUT2D eigenvalue weighted by Crippen LogP contribution is 2.24. The molecule has 0 bridgehead atoms. The highest BCUT2D eigenvalue weighted by molar-refractivity contribution is 5.91. The number of rotatable bonds is 5. The Bertz CT molecular complexity index is 784. The molecule has 1 aliphatic heterocycles. The van der Waals surface area contributed by atoms with Gasteiger partial charge in [-0.05, 0) is 44.5 Å². The van der Waals surface area contributed by atoms with Gasteiger partial charge in [0, 0.05) is 30.3 Å². The lowest BCUT2D eigenvalue weighted by Crippen LogP contribution is -2.38. The van der Waals surface area contributed by atoms with Crippen molar-refractivity contribution in [1.82, 2.24) is 9.88 Å². The fourth-order valence-electron chi connectivity index (χ4n) is 3.19. The number of aromatic nitrogens is 1. The molecule has 136 valence electrons. The number of para-hydroxylation sites is 1. The van der Waals surface area contributed by atoms with Crippen LogP contribution in [0.3, 0.4) is 0 Å². The Morgan fingerprint density at radius 3 is 2.65 bits per heavy atom. The van der Waals surface area contributed by atoms with Crippen molar-refractivity contribution in [2.75, 3.05) is 18.4 Å². The van der Waals surface area contributed by atoms with Crippen molar-refractivity contribution in [3.63, 3.8) is 0 Å². The zero-order valence-electron chi connectivity index (χ0n) is 14.7. The van der Waals surface area contributed by atoms with Crippen LogP contribution in [0.5, 0.6) is 0 Å². The molecule has 0 saturated carbocycles. The van der Waals surface area contributed by atoms with Crippen LogP contribution < -0.4 is 5.32 Å². The summed E-state index contributed by atoms with van der Waals surface area (Å²) in [4.78, 5) is 29.6. The van der Waals surface area contributed by atoms with E-state index in [0.717, 1.165) is 31.5 Å². The normalized spacial score (nSPS) is 15.6. The van der Waals surface area contributed by atoms with Crippen molar-refractivity contribution in [3.05, 3.63) is 63.8 Å². The van der Waals surface area contributed by atoms with Crippen LogP contribution in [-0.2, 0) is 11.3 Å². The molecule has 7 nitrogen and oxygen atoms in total. The molecule has 0 unspecified atom stereocenters. The number of carbonyl (C=O) groups is 1. The van der Waals surface area contributed by atoms with E-state index in [1.807, 2.05) is 19.1 Å². The highest BCUT2D eigenvalue weighted by atomic mass is 16.6. The summed E-state index contributed by atoms with van der Waals surface area (Å²) in [5.74, 6) is 0.509. The van der Waals surface area contributed by atoms with Gasteiger partial charge in [0.1, 0.15) is 5.82 Å². The molecule has 0 radical (unpaired) electrons. The number of benzene rings is 1. The first-order valence-corrected chi connectivity index (χ1v) is 8.71. The number of piperidine rings is 1. The van der Waals surface area contributed by atoms with Gasteiger partial charge in [-0.25, -0.2) is 4.98 Å². The molecule has 1 aromatic carbocycles. The third-order valence-electron chi connectivity index (χ3n) is 4.70. The maximum atomic E-state index is 12.4. The molecule has 3 rings (SSSR count). The Balaban J connectivity index is 1.53. The number of hydrogen-bond donors (Lipinski definition) is 1. The summed E-state index contributed by atoms with van der Waals surface area (Å²) in [6.07, 6.45) is 3.20. The zero-order chi connectivity index (χ0) is 18.5. The van der Waals surface area contributed by atoms with Crippen molar-refractivity contribution in [2.45, 2.75) is 26.3 Å². The van der Waals surface area contributed by atoms with Crippen molar-refractivity contribution in [1.29, 1.82) is 0 Å². The second kappa shape index (κ2) is 8.05. The maximum absolute atomic E-state index is 12.4. The number of nitrogens with zero attached hydrogens (tertiary/aromatic N) is 3. The van der Waals surface area contributed by atoms with Gasteiger partial charge in [0.15, 0.2) is 0 Å². The summed E-state index contributed by atoms with van der Waals surface area (Å²) >= 11 is 0. The van der Waals surface area contributed by atoms with Crippen LogP contribution in [0.2, 0.25) is 0 Å². The number of likely N-dealkylation sites (tertiary alicyclic amines) is 1. The SMILES string of the molecule is Cc1ccc(NC(=O)C2CCN(Cc3ccccc3[N+](=O)[O-])CC2)nc1. The predicted octanol–water partition coefficient (Wildman–Crippen LogP) is 3.15. The van der Waals surface area contributed by atoms with Crippen LogP contribution >= 0.6 is 0 Å². The smallest absolute Gasteiger partial charge is 0.273 e. The molecule has 0 atom stereocenters. The third-order valence-corrected chi connectivity index (χ3v) is 4.70. The van der Waals surface area contributed by atoms with Gasteiger partial charge in [0.05, 0.1) is 4.92 Å². The lowest BCUT2D eigenvalue weighted by Gasteiger charge is -2.31. The Labute approximate surface area is 152 Å². The van der Waals surface area contributed by atoms with E-state index >= 15 is 0 Å². The zero-order valence-corrected chi connectivity index (χ0v) is 14.7. The fraction of sp³-hybridized carbons (Fsp3) is 0.368. The van der Waals surface area contributed by atoms with E-state index in [1.165, 1.54) is 6.07 Å². The van der Waals surface area contributed by atoms with E-state index in [9.17, 15) is 14.9 Å². The summed E-state index contributed by atoms with van der Waals surface area (Å²) in [6.45, 7) is 3.97. The Morgan fingerprint density at radius 2 is 2.00 bits per heavy atom. The number of amides is 1. The predicted molar refractivity (Wildman–Crippen MR) is 98.7 cm³/mol. The molecule has 2 heterocycles. The number of carbonyl (C=O) groups excluding carboxylic acids is 1. The topological polar surface area (TPSA) is 88.4 Å². The van der Waals surface area contributed by atoms with Gasteiger partial charge in [-0.15, -0.1) is 0 Å². The number of nitrogens with one attached hydrogen (secondary N) is 1. The van der Waals surface area contributed by atoms with E-state index < -0.39 is 0 Å². The lowest BCUT2D eigenvalue weighted by molar-refractivity contribution is -0.385. The Hall–Kier alpha value is -2.80. The molecule has 2 aromatic rings. The van der Waals surface area contributed by atoms with Crippen LogP contribution in [0, 0.1) is 23.0 Å². The number of hydrogen-bond acceptors (Lipinski definition) is 5. The molecule has 1 N–H and O–H groups in total. The van der Waals surface area contributed by atoms with Crippen molar-refractivity contribution < 1.29 is 9.72 Å². The second-order valence-electron chi connectivity index (χ2n) is 6.65. The molecule has 26 heavy (non-hydrogen) atoms. The summed E-state index contributed by atoms with van der Waals surface area (Å²) < 4.78 is 0. The summed E-state index contributed by atoms with van der Waals surface area (Å²) in [6, 6.07) is 10.5. The largest absolute Gasteiger partial charge is 0.310 e. The molecule has 0 aliphatic carbocycles. The van der Waals surface area contributed by atoms with Gasteiger partial charge in [-0.1, -0.05) is 24.3 Å². The average molecular weight is 354 g/mol. The van der Waals surface area contributed by atoms with Crippen LogP contribution in [0.4, 0.5) is 11.5 Å². The number of aryl methyl sites for hydroxylation is 1. The molecule has 1 aromatic heterocycles. The van der Waals surface area contributed by atoms with Crippen LogP contribution in [0.25, 0.3) is 0 Å². The van der Waals surface area contributed by atoms with E-state index in [4.69, 9.17) is 0 Å². The Kier molecular flexibility index (Phi) is 5.58. The van der Waals surface area contributed by atoms with Crippen LogP contribution in [-0.4, -0.2) is 33.8 Å². The van der Waals surface area contributed by atoms with Crippen molar-refractivity contribution >= 4 is 17.4 Å². The molecule has 1 saturated heterocycles. The lowest BCUT2D eigenvalue weighted by atomic mass is 9.95. The number of pyridine rings is 1. The molecule has 7 heteroatoms. The maximum Gasteiger partial charge on any atom is 0.273 e. The summed E-state index contributed by atoms with van der Waals surface area (Å²) in [7, 11) is 0. The van der Waals surface area contributed by atoms with Crippen molar-refractivity contribution in [2.24, 2.45) is 5.92 Å². The van der Waals surface area contributed by atoms with E-state index in [-0.39, 0.29) is 22.4 Å². The second-order valence-corrected chi connectivity index (χ2v) is 6.65. The average Bonchev–Trinajstić information content (AvgIpc) is 2.64. The standard InChI is InChI=1S/C19H22N4O3/c1-14-6-7-18(20-12-14)21-19(24)15-8-10-22(11-9-15)13-16-4-2-3-5-17(16)23(25)26/h2-7,12,15H,8-11,13H2,1H3,(H,20,21,24). The van der Waals surface area contributed by atoms with Crippen LogP contribution in [0.15, 0.2) is 42.6 Å². The molecular weight excluding hydrogens is 332 g/mol. The molecule has 0 spiro atoms. The highest BCUT2D eigenvalue weighted by Gasteiger charge is 2.26. The molecule has 1 amide bonds. The van der Waals surface area contributed by atoms with Gasteiger partial charge in [-0.2, -0.15) is 0 Å². The van der Waals surface area contributed by atoms with E-state index in [2.05, 4.69) is 15.2 Å². The quantitative estimate of drug-likeness (QED) is 0.658. The van der Waals surface area contributed by atoms with Crippen molar-refractivity contribution in [3.8, 4) is 0 Å². The monoisotopic (exact) mass is 354 g/mol. The van der Waals surface area contributed by atoms with E-state index in [1.54, 1.807) is 24.4 Å². The molecular formula is C19H22N4O3. The minimum absolute atomic E-state index is 0.00769. The minimum Gasteiger partial charge on any atom is -0.310 e. The van der Waals surface area contributed by atoms with Gasteiger partial charge in [0.25, 0.3) is 5.69 Å². The molecule has 1 aliphatic rings. The van der Waals surface area contributed by atoms with Crippen LogP contribution in [0.1, 0.15) is 24.0 Å². The third kappa shape index (κ3) is 4.43.